The number of aliphatic hydroxyl groups excluding tert-OH is 1. The van der Waals surface area contributed by atoms with Crippen molar-refractivity contribution in [3.8, 4) is 10.4 Å². The van der Waals surface area contributed by atoms with Crippen LogP contribution in [0.4, 0.5) is 14.6 Å². The third-order valence-electron chi connectivity index (χ3n) is 5.98. The van der Waals surface area contributed by atoms with E-state index >= 15 is 0 Å². The van der Waals surface area contributed by atoms with Crippen molar-refractivity contribution in [3.05, 3.63) is 28.5 Å². The van der Waals surface area contributed by atoms with Gasteiger partial charge in [0.25, 0.3) is 18.2 Å². The first kappa shape index (κ1) is 31.6. The molecular weight excluding hydrogens is 512 g/mol. The molecule has 1 aliphatic heterocycles. The van der Waals surface area contributed by atoms with Crippen LogP contribution in [0.2, 0.25) is 0 Å². The SMILES string of the molecule is CC.CCCC1CCC(C)N1C(=O)c1nc(C(=O)NCCO)sc1-c1cnc(NC(C)(C)C)cc1C(F)F. The number of pyridine rings is 1. The summed E-state index contributed by atoms with van der Waals surface area (Å²) in [6, 6.07) is 1.29. The quantitative estimate of drug-likeness (QED) is 0.357. The number of hydrogen-bond acceptors (Lipinski definition) is 7. The molecule has 0 radical (unpaired) electrons. The molecule has 0 bridgehead atoms. The second-order valence-corrected chi connectivity index (χ2v) is 11.1. The van der Waals surface area contributed by atoms with E-state index in [0.29, 0.717) is 0 Å². The molecule has 0 aromatic carbocycles. The zero-order valence-electron chi connectivity index (χ0n) is 23.4. The first-order valence-electron chi connectivity index (χ1n) is 13.3. The molecule has 11 heteroatoms. The first-order chi connectivity index (χ1) is 18.0. The Hall–Kier alpha value is -2.66. The van der Waals surface area contributed by atoms with E-state index in [-0.39, 0.29) is 63.7 Å². The zero-order valence-corrected chi connectivity index (χ0v) is 24.2. The molecule has 1 aliphatic rings. The Balaban J connectivity index is 0.00000247. The Morgan fingerprint density at radius 1 is 1.26 bits per heavy atom. The summed E-state index contributed by atoms with van der Waals surface area (Å²) >= 11 is 0.879. The molecule has 0 saturated carbocycles. The third kappa shape index (κ3) is 7.69. The number of anilines is 1. The number of thiazole rings is 1. The van der Waals surface area contributed by atoms with Crippen molar-refractivity contribution >= 4 is 29.0 Å². The Bertz CT molecular complexity index is 1090. The van der Waals surface area contributed by atoms with E-state index in [4.69, 9.17) is 5.11 Å². The number of nitrogens with zero attached hydrogens (tertiary/aromatic N) is 3. The van der Waals surface area contributed by atoms with Crippen LogP contribution in [0.15, 0.2) is 12.3 Å². The van der Waals surface area contributed by atoms with Crippen LogP contribution in [0.1, 0.15) is 106 Å². The summed E-state index contributed by atoms with van der Waals surface area (Å²) in [4.78, 5) is 37.1. The summed E-state index contributed by atoms with van der Waals surface area (Å²) in [5.74, 6) is -0.662. The number of rotatable bonds is 9. The Kier molecular flexibility index (Phi) is 11.6. The van der Waals surface area contributed by atoms with Gasteiger partial charge in [0.1, 0.15) is 11.5 Å². The van der Waals surface area contributed by atoms with Crippen molar-refractivity contribution in [2.24, 2.45) is 0 Å². The van der Waals surface area contributed by atoms with E-state index in [9.17, 15) is 18.4 Å². The summed E-state index contributed by atoms with van der Waals surface area (Å²) in [6.45, 7) is 13.4. The molecule has 1 fully saturated rings. The number of carbonyl (C=O) groups excluding carboxylic acids is 2. The van der Waals surface area contributed by atoms with Gasteiger partial charge in [0, 0.05) is 41.5 Å². The molecule has 2 aromatic rings. The van der Waals surface area contributed by atoms with Gasteiger partial charge in [-0.25, -0.2) is 18.7 Å². The van der Waals surface area contributed by atoms with E-state index in [2.05, 4.69) is 27.5 Å². The van der Waals surface area contributed by atoms with Crippen LogP contribution in [0.3, 0.4) is 0 Å². The molecule has 3 heterocycles. The highest BCUT2D eigenvalue weighted by Gasteiger charge is 2.37. The van der Waals surface area contributed by atoms with Crippen LogP contribution in [0, 0.1) is 0 Å². The Labute approximate surface area is 228 Å². The molecule has 1 saturated heterocycles. The van der Waals surface area contributed by atoms with E-state index in [1.54, 1.807) is 4.90 Å². The fraction of sp³-hybridized carbons (Fsp3) is 0.630. The van der Waals surface area contributed by atoms with Gasteiger partial charge in [-0.2, -0.15) is 0 Å². The van der Waals surface area contributed by atoms with Gasteiger partial charge >= 0.3 is 0 Å². The normalized spacial score (nSPS) is 17.3. The second-order valence-electron chi connectivity index (χ2n) is 10.1. The van der Waals surface area contributed by atoms with E-state index < -0.39 is 17.9 Å². The molecular formula is C27H41F2N5O3S. The van der Waals surface area contributed by atoms with E-state index in [1.165, 1.54) is 12.3 Å². The average Bonchev–Trinajstić information content (AvgIpc) is 3.46. The summed E-state index contributed by atoms with van der Waals surface area (Å²) in [7, 11) is 0. The lowest BCUT2D eigenvalue weighted by molar-refractivity contribution is 0.0667. The summed E-state index contributed by atoms with van der Waals surface area (Å²) < 4.78 is 28.5. The molecule has 2 unspecified atom stereocenters. The van der Waals surface area contributed by atoms with Gasteiger partial charge < -0.3 is 20.6 Å². The van der Waals surface area contributed by atoms with Crippen molar-refractivity contribution in [1.29, 1.82) is 0 Å². The lowest BCUT2D eigenvalue weighted by Crippen LogP contribution is -2.40. The van der Waals surface area contributed by atoms with Crippen LogP contribution >= 0.6 is 11.3 Å². The maximum Gasteiger partial charge on any atom is 0.280 e. The fourth-order valence-electron chi connectivity index (χ4n) is 4.46. The van der Waals surface area contributed by atoms with Crippen molar-refractivity contribution in [1.82, 2.24) is 20.2 Å². The van der Waals surface area contributed by atoms with Gasteiger partial charge in [-0.15, -0.1) is 11.3 Å². The molecule has 2 aromatic heterocycles. The van der Waals surface area contributed by atoms with Gasteiger partial charge in [-0.05, 0) is 53.0 Å². The highest BCUT2D eigenvalue weighted by molar-refractivity contribution is 7.17. The lowest BCUT2D eigenvalue weighted by Gasteiger charge is -2.28. The summed E-state index contributed by atoms with van der Waals surface area (Å²) in [6.07, 6.45) is 1.92. The zero-order chi connectivity index (χ0) is 28.6. The first-order valence-corrected chi connectivity index (χ1v) is 14.1. The number of hydrogen-bond donors (Lipinski definition) is 3. The Morgan fingerprint density at radius 3 is 2.53 bits per heavy atom. The predicted octanol–water partition coefficient (Wildman–Crippen LogP) is 5.89. The number of carbonyl (C=O) groups is 2. The highest BCUT2D eigenvalue weighted by atomic mass is 32.1. The topological polar surface area (TPSA) is 107 Å². The van der Waals surface area contributed by atoms with Gasteiger partial charge in [0.2, 0.25) is 0 Å². The molecule has 3 rings (SSSR count). The number of halogens is 2. The van der Waals surface area contributed by atoms with Crippen molar-refractivity contribution in [3.63, 3.8) is 0 Å². The maximum absolute atomic E-state index is 14.2. The van der Waals surface area contributed by atoms with Gasteiger partial charge in [0.05, 0.1) is 11.5 Å². The van der Waals surface area contributed by atoms with Crippen molar-refractivity contribution < 1.29 is 23.5 Å². The number of aliphatic hydroxyl groups is 1. The van der Waals surface area contributed by atoms with E-state index in [1.807, 2.05) is 41.5 Å². The van der Waals surface area contributed by atoms with Crippen LogP contribution in [0.5, 0.6) is 0 Å². The summed E-state index contributed by atoms with van der Waals surface area (Å²) in [5, 5.41) is 14.6. The minimum atomic E-state index is -2.83. The van der Waals surface area contributed by atoms with Gasteiger partial charge in [-0.3, -0.25) is 9.59 Å². The van der Waals surface area contributed by atoms with E-state index in [0.717, 1.165) is 37.0 Å². The summed E-state index contributed by atoms with van der Waals surface area (Å²) in [5.41, 5.74) is -0.636. The molecule has 8 nitrogen and oxygen atoms in total. The maximum atomic E-state index is 14.2. The predicted molar refractivity (Wildman–Crippen MR) is 148 cm³/mol. The largest absolute Gasteiger partial charge is 0.395 e. The van der Waals surface area contributed by atoms with Crippen LogP contribution in [-0.4, -0.2) is 62.6 Å². The number of likely N-dealkylation sites (tertiary alicyclic amines) is 1. The molecule has 2 amide bonds. The smallest absolute Gasteiger partial charge is 0.280 e. The van der Waals surface area contributed by atoms with Gasteiger partial charge in [0.15, 0.2) is 5.01 Å². The molecule has 3 N–H and O–H groups in total. The number of alkyl halides is 2. The average molecular weight is 554 g/mol. The van der Waals surface area contributed by atoms with Gasteiger partial charge in [-0.1, -0.05) is 27.2 Å². The van der Waals surface area contributed by atoms with Crippen molar-refractivity contribution in [2.75, 3.05) is 18.5 Å². The van der Waals surface area contributed by atoms with Crippen molar-refractivity contribution in [2.45, 2.75) is 98.2 Å². The second kappa shape index (κ2) is 13.9. The number of amides is 2. The standard InChI is InChI=1S/C25H35F2N5O3S.C2H6/c1-6-7-15-9-8-14(2)32(15)24(35)19-20(36-23(30-19)22(34)28-10-11-33)17-13-29-18(31-25(3,4)5)12-16(17)21(26)27;1-2/h12-15,21,33H,6-11H2,1-5H3,(H,28,34)(H,29,31);1-2H3. The van der Waals surface area contributed by atoms with Crippen LogP contribution in [-0.2, 0) is 0 Å². The van der Waals surface area contributed by atoms with Crippen LogP contribution in [0.25, 0.3) is 10.4 Å². The van der Waals surface area contributed by atoms with Crippen LogP contribution < -0.4 is 10.6 Å². The highest BCUT2D eigenvalue weighted by Crippen LogP contribution is 2.39. The number of nitrogens with one attached hydrogen (secondary N) is 2. The Morgan fingerprint density at radius 2 is 1.95 bits per heavy atom. The minimum Gasteiger partial charge on any atom is -0.395 e. The molecule has 38 heavy (non-hydrogen) atoms. The molecule has 0 spiro atoms. The molecule has 2 atom stereocenters. The monoisotopic (exact) mass is 553 g/mol. The molecule has 0 aliphatic carbocycles. The fourth-order valence-corrected chi connectivity index (χ4v) is 5.47. The lowest BCUT2D eigenvalue weighted by atomic mass is 10.1. The molecule has 212 valence electrons. The third-order valence-corrected chi connectivity index (χ3v) is 7.07. The minimum absolute atomic E-state index is 0.00969. The number of aromatic nitrogens is 2.